The van der Waals surface area contributed by atoms with E-state index in [-0.39, 0.29) is 5.91 Å². The number of aromatic nitrogens is 1. The van der Waals surface area contributed by atoms with Crippen LogP contribution in [0.3, 0.4) is 0 Å². The molecule has 27 heavy (non-hydrogen) atoms. The second-order valence-electron chi connectivity index (χ2n) is 6.32. The fourth-order valence-corrected chi connectivity index (χ4v) is 4.44. The molecule has 0 atom stereocenters. The van der Waals surface area contributed by atoms with Crippen molar-refractivity contribution in [3.05, 3.63) is 57.0 Å². The first-order chi connectivity index (χ1) is 12.9. The zero-order valence-electron chi connectivity index (χ0n) is 14.9. The number of carbonyl (C=O) groups is 1. The van der Waals surface area contributed by atoms with E-state index in [0.29, 0.717) is 37.8 Å². The molecule has 0 saturated carbocycles. The van der Waals surface area contributed by atoms with Crippen molar-refractivity contribution in [1.82, 2.24) is 9.88 Å². The van der Waals surface area contributed by atoms with Crippen molar-refractivity contribution >= 4 is 67.4 Å². The van der Waals surface area contributed by atoms with Gasteiger partial charge in [0, 0.05) is 11.6 Å². The molecular formula is C19H18Cl3N3OS. The van der Waals surface area contributed by atoms with Crippen molar-refractivity contribution in [3.63, 3.8) is 0 Å². The lowest BCUT2D eigenvalue weighted by atomic mass is 10.2. The van der Waals surface area contributed by atoms with Crippen molar-refractivity contribution in [3.8, 4) is 0 Å². The highest BCUT2D eigenvalue weighted by Gasteiger charge is 2.23. The Hall–Kier alpha value is -1.37. The minimum absolute atomic E-state index is 0.203. The number of thiazole rings is 1. The molecule has 1 aromatic heterocycles. The molecule has 0 spiro atoms. The third kappa shape index (κ3) is 4.73. The Balaban J connectivity index is 1.98. The summed E-state index contributed by atoms with van der Waals surface area (Å²) in [5.74, 6) is -0.203. The number of amides is 1. The smallest absolute Gasteiger partial charge is 0.261 e. The van der Waals surface area contributed by atoms with Gasteiger partial charge in [-0.05, 0) is 57.4 Å². The number of anilines is 1. The third-order valence-corrected chi connectivity index (χ3v) is 5.88. The quantitative estimate of drug-likeness (QED) is 0.480. The van der Waals surface area contributed by atoms with Gasteiger partial charge in [-0.15, -0.1) is 0 Å². The molecule has 0 radical (unpaired) electrons. The molecule has 0 unspecified atom stereocenters. The van der Waals surface area contributed by atoms with Gasteiger partial charge < -0.3 is 4.90 Å². The Morgan fingerprint density at radius 3 is 2.52 bits per heavy atom. The zero-order valence-corrected chi connectivity index (χ0v) is 18.0. The third-order valence-electron chi connectivity index (χ3n) is 3.98. The second kappa shape index (κ2) is 8.76. The average molecular weight is 443 g/mol. The maximum Gasteiger partial charge on any atom is 0.261 e. The van der Waals surface area contributed by atoms with Gasteiger partial charge >= 0.3 is 0 Å². The van der Waals surface area contributed by atoms with Crippen LogP contribution in [-0.4, -0.2) is 43.0 Å². The standard InChI is InChI=1S/C19H18Cl3N3OS/c1-24(2)9-4-10-25(18(26)13-8-7-12(20)11-15(13)22)19-23-17-14(21)5-3-6-16(17)27-19/h3,5-8,11H,4,9-10H2,1-2H3. The predicted molar refractivity (Wildman–Crippen MR) is 116 cm³/mol. The van der Waals surface area contributed by atoms with Gasteiger partial charge in [0.05, 0.1) is 20.3 Å². The molecule has 0 bridgehead atoms. The van der Waals surface area contributed by atoms with Crippen LogP contribution >= 0.6 is 46.1 Å². The van der Waals surface area contributed by atoms with Crippen molar-refractivity contribution in [2.75, 3.05) is 32.1 Å². The minimum Gasteiger partial charge on any atom is -0.309 e. The highest BCUT2D eigenvalue weighted by molar-refractivity contribution is 7.22. The molecule has 4 nitrogen and oxygen atoms in total. The number of carbonyl (C=O) groups excluding carboxylic acids is 1. The van der Waals surface area contributed by atoms with Gasteiger partial charge in [-0.3, -0.25) is 9.69 Å². The predicted octanol–water partition coefficient (Wildman–Crippen LogP) is 5.86. The van der Waals surface area contributed by atoms with Crippen LogP contribution in [0.15, 0.2) is 36.4 Å². The molecule has 0 aliphatic rings. The average Bonchev–Trinajstić information content (AvgIpc) is 3.03. The molecule has 1 amide bonds. The van der Waals surface area contributed by atoms with Gasteiger partial charge in [-0.2, -0.15) is 0 Å². The summed E-state index contributed by atoms with van der Waals surface area (Å²) in [6.07, 6.45) is 0.799. The minimum atomic E-state index is -0.203. The van der Waals surface area contributed by atoms with E-state index in [0.717, 1.165) is 17.7 Å². The highest BCUT2D eigenvalue weighted by Crippen LogP contribution is 2.34. The van der Waals surface area contributed by atoms with Crippen molar-refractivity contribution in [1.29, 1.82) is 0 Å². The number of rotatable bonds is 6. The first-order valence-electron chi connectivity index (χ1n) is 8.33. The molecule has 2 aromatic carbocycles. The maximum atomic E-state index is 13.2. The molecular weight excluding hydrogens is 425 g/mol. The van der Waals surface area contributed by atoms with Gasteiger partial charge in [-0.1, -0.05) is 52.2 Å². The molecule has 0 N–H and O–H groups in total. The normalized spacial score (nSPS) is 11.3. The summed E-state index contributed by atoms with van der Waals surface area (Å²) < 4.78 is 0.935. The number of benzene rings is 2. The van der Waals surface area contributed by atoms with E-state index in [4.69, 9.17) is 34.8 Å². The fourth-order valence-electron chi connectivity index (χ4n) is 2.66. The molecule has 0 aliphatic heterocycles. The molecule has 0 fully saturated rings. The number of fused-ring (bicyclic) bond motifs is 1. The summed E-state index contributed by atoms with van der Waals surface area (Å²) in [6.45, 7) is 1.37. The molecule has 3 aromatic rings. The second-order valence-corrected chi connectivity index (χ2v) is 8.58. The Bertz CT molecular complexity index is 974. The summed E-state index contributed by atoms with van der Waals surface area (Å²) in [4.78, 5) is 21.6. The monoisotopic (exact) mass is 441 g/mol. The van der Waals surface area contributed by atoms with Crippen LogP contribution in [0.5, 0.6) is 0 Å². The Morgan fingerprint density at radius 2 is 1.85 bits per heavy atom. The first kappa shape index (κ1) is 20.4. The summed E-state index contributed by atoms with van der Waals surface area (Å²) in [6, 6.07) is 10.5. The van der Waals surface area contributed by atoms with E-state index in [1.807, 2.05) is 26.2 Å². The van der Waals surface area contributed by atoms with Crippen LogP contribution in [0.4, 0.5) is 5.13 Å². The molecule has 142 valence electrons. The zero-order chi connectivity index (χ0) is 19.6. The summed E-state index contributed by atoms with van der Waals surface area (Å²) >= 11 is 19.9. The van der Waals surface area contributed by atoms with E-state index in [1.165, 1.54) is 11.3 Å². The fraction of sp³-hybridized carbons (Fsp3) is 0.263. The van der Waals surface area contributed by atoms with Crippen LogP contribution in [0.2, 0.25) is 15.1 Å². The van der Waals surface area contributed by atoms with Gasteiger partial charge in [0.1, 0.15) is 5.52 Å². The van der Waals surface area contributed by atoms with E-state index in [2.05, 4.69) is 9.88 Å². The number of hydrogen-bond acceptors (Lipinski definition) is 4. The largest absolute Gasteiger partial charge is 0.309 e. The lowest BCUT2D eigenvalue weighted by Gasteiger charge is -2.21. The van der Waals surface area contributed by atoms with Crippen LogP contribution < -0.4 is 4.90 Å². The van der Waals surface area contributed by atoms with E-state index >= 15 is 0 Å². The van der Waals surface area contributed by atoms with Gasteiger partial charge in [0.2, 0.25) is 0 Å². The summed E-state index contributed by atoms with van der Waals surface area (Å²) in [5, 5.41) is 1.99. The number of halogens is 3. The lowest BCUT2D eigenvalue weighted by molar-refractivity contribution is 0.0986. The molecule has 0 aliphatic carbocycles. The molecule has 3 rings (SSSR count). The SMILES string of the molecule is CN(C)CCCN(C(=O)c1ccc(Cl)cc1Cl)c1nc2c(Cl)cccc2s1. The van der Waals surface area contributed by atoms with E-state index in [1.54, 1.807) is 29.2 Å². The Labute approximate surface area is 177 Å². The van der Waals surface area contributed by atoms with E-state index in [9.17, 15) is 4.79 Å². The van der Waals surface area contributed by atoms with Crippen LogP contribution in [0, 0.1) is 0 Å². The molecule has 8 heteroatoms. The molecule has 1 heterocycles. The van der Waals surface area contributed by atoms with Crippen molar-refractivity contribution in [2.24, 2.45) is 0 Å². The first-order valence-corrected chi connectivity index (χ1v) is 10.3. The molecule has 0 saturated heterocycles. The van der Waals surface area contributed by atoms with Crippen molar-refractivity contribution < 1.29 is 4.79 Å². The number of para-hydroxylation sites is 1. The Kier molecular flexibility index (Phi) is 6.61. The van der Waals surface area contributed by atoms with Gasteiger partial charge in [0.25, 0.3) is 5.91 Å². The number of hydrogen-bond donors (Lipinski definition) is 0. The highest BCUT2D eigenvalue weighted by atomic mass is 35.5. The lowest BCUT2D eigenvalue weighted by Crippen LogP contribution is -2.33. The van der Waals surface area contributed by atoms with Gasteiger partial charge in [0.15, 0.2) is 5.13 Å². The van der Waals surface area contributed by atoms with Crippen LogP contribution in [-0.2, 0) is 0 Å². The van der Waals surface area contributed by atoms with Crippen LogP contribution in [0.25, 0.3) is 10.2 Å². The number of nitrogens with zero attached hydrogens (tertiary/aromatic N) is 3. The van der Waals surface area contributed by atoms with E-state index < -0.39 is 0 Å². The maximum absolute atomic E-state index is 13.2. The van der Waals surface area contributed by atoms with Crippen molar-refractivity contribution in [2.45, 2.75) is 6.42 Å². The summed E-state index contributed by atoms with van der Waals surface area (Å²) in [5.41, 5.74) is 1.10. The van der Waals surface area contributed by atoms with Crippen LogP contribution in [0.1, 0.15) is 16.8 Å². The Morgan fingerprint density at radius 1 is 1.07 bits per heavy atom. The van der Waals surface area contributed by atoms with Gasteiger partial charge in [-0.25, -0.2) is 4.98 Å². The topological polar surface area (TPSA) is 36.4 Å². The summed E-state index contributed by atoms with van der Waals surface area (Å²) in [7, 11) is 4.00.